The summed E-state index contributed by atoms with van der Waals surface area (Å²) in [7, 11) is 3.12. The Hall–Kier alpha value is -3.22. The topological polar surface area (TPSA) is 71.1 Å². The van der Waals surface area contributed by atoms with Gasteiger partial charge in [0, 0.05) is 24.8 Å². The van der Waals surface area contributed by atoms with Gasteiger partial charge in [0.15, 0.2) is 11.5 Å². The first-order valence-electron chi connectivity index (χ1n) is 9.16. The Kier molecular flexibility index (Phi) is 6.03. The minimum absolute atomic E-state index is 0.0276. The maximum absolute atomic E-state index is 12.8. The molecule has 0 saturated carbocycles. The van der Waals surface area contributed by atoms with E-state index in [9.17, 15) is 9.59 Å². The first kappa shape index (κ1) is 19.5. The van der Waals surface area contributed by atoms with E-state index in [4.69, 9.17) is 9.47 Å². The molecular weight excluding hydrogens is 358 g/mol. The molecule has 7 nitrogen and oxygen atoms in total. The maximum atomic E-state index is 12.8. The molecule has 0 bridgehead atoms. The lowest BCUT2D eigenvalue weighted by Crippen LogP contribution is -2.40. The lowest BCUT2D eigenvalue weighted by molar-refractivity contribution is -0.122. The van der Waals surface area contributed by atoms with Gasteiger partial charge in [-0.15, -0.1) is 0 Å². The molecule has 1 saturated heterocycles. The summed E-state index contributed by atoms with van der Waals surface area (Å²) in [6.07, 6.45) is 0. The molecule has 1 N–H and O–H groups in total. The lowest BCUT2D eigenvalue weighted by atomic mass is 10.1. The van der Waals surface area contributed by atoms with E-state index >= 15 is 0 Å². The molecule has 1 unspecified atom stereocenters. The summed E-state index contributed by atoms with van der Waals surface area (Å²) in [5, 5.41) is 2.94. The fourth-order valence-electron chi connectivity index (χ4n) is 3.25. The molecule has 2 aromatic rings. The van der Waals surface area contributed by atoms with E-state index in [1.54, 1.807) is 42.2 Å². The quantitative estimate of drug-likeness (QED) is 0.798. The molecule has 1 aliphatic heterocycles. The van der Waals surface area contributed by atoms with Crippen LogP contribution in [0.2, 0.25) is 0 Å². The standard InChI is InChI=1S/C21H25N3O4/c1-15(16-7-5-4-6-8-16)22-20(25)14-23-11-12-24(21(23)26)17-9-10-18(27-2)19(13-17)28-3/h4-10,13,15H,11-12,14H2,1-3H3,(H,22,25). The third-order valence-electron chi connectivity index (χ3n) is 4.79. The number of carbonyl (C=O) groups excluding carboxylic acids is 2. The molecular formula is C21H25N3O4. The van der Waals surface area contributed by atoms with E-state index in [0.717, 1.165) is 5.56 Å². The molecule has 3 amide bonds. The van der Waals surface area contributed by atoms with Crippen LogP contribution >= 0.6 is 0 Å². The van der Waals surface area contributed by atoms with Crippen LogP contribution in [-0.2, 0) is 4.79 Å². The zero-order valence-corrected chi connectivity index (χ0v) is 16.3. The Morgan fingerprint density at radius 3 is 2.46 bits per heavy atom. The average Bonchev–Trinajstić information content (AvgIpc) is 3.08. The number of methoxy groups -OCH3 is 2. The molecule has 1 atom stereocenters. The molecule has 0 radical (unpaired) electrons. The Morgan fingerprint density at radius 1 is 1.07 bits per heavy atom. The first-order valence-corrected chi connectivity index (χ1v) is 9.16. The van der Waals surface area contributed by atoms with Gasteiger partial charge in [-0.25, -0.2) is 4.79 Å². The van der Waals surface area contributed by atoms with Gasteiger partial charge in [0.1, 0.15) is 6.54 Å². The van der Waals surface area contributed by atoms with Gasteiger partial charge in [0.2, 0.25) is 5.91 Å². The summed E-state index contributed by atoms with van der Waals surface area (Å²) in [6, 6.07) is 14.7. The molecule has 28 heavy (non-hydrogen) atoms. The number of hydrogen-bond acceptors (Lipinski definition) is 4. The second-order valence-electron chi connectivity index (χ2n) is 6.59. The van der Waals surface area contributed by atoms with E-state index < -0.39 is 0 Å². The van der Waals surface area contributed by atoms with Crippen molar-refractivity contribution in [3.05, 3.63) is 54.1 Å². The number of nitrogens with one attached hydrogen (secondary N) is 1. The van der Waals surface area contributed by atoms with E-state index in [1.807, 2.05) is 37.3 Å². The van der Waals surface area contributed by atoms with Crippen LogP contribution < -0.4 is 19.7 Å². The highest BCUT2D eigenvalue weighted by atomic mass is 16.5. The summed E-state index contributed by atoms with van der Waals surface area (Å²) in [5.74, 6) is 0.976. The summed E-state index contributed by atoms with van der Waals surface area (Å²) in [5.41, 5.74) is 1.73. The number of carbonyl (C=O) groups is 2. The van der Waals surface area contributed by atoms with Crippen molar-refractivity contribution >= 4 is 17.6 Å². The van der Waals surface area contributed by atoms with Gasteiger partial charge < -0.3 is 19.7 Å². The van der Waals surface area contributed by atoms with E-state index in [-0.39, 0.29) is 24.5 Å². The number of anilines is 1. The van der Waals surface area contributed by atoms with Gasteiger partial charge in [0.05, 0.1) is 20.3 Å². The zero-order chi connectivity index (χ0) is 20.1. The average molecular weight is 383 g/mol. The Morgan fingerprint density at radius 2 is 1.79 bits per heavy atom. The fraction of sp³-hybridized carbons (Fsp3) is 0.333. The molecule has 148 valence electrons. The molecule has 1 heterocycles. The Balaban J connectivity index is 1.62. The third-order valence-corrected chi connectivity index (χ3v) is 4.79. The van der Waals surface area contributed by atoms with Crippen LogP contribution in [0.1, 0.15) is 18.5 Å². The van der Waals surface area contributed by atoms with Gasteiger partial charge in [-0.1, -0.05) is 30.3 Å². The van der Waals surface area contributed by atoms with Crippen LogP contribution in [0.5, 0.6) is 11.5 Å². The number of rotatable bonds is 7. The van der Waals surface area contributed by atoms with Crippen molar-refractivity contribution in [2.45, 2.75) is 13.0 Å². The van der Waals surface area contributed by atoms with Crippen LogP contribution in [0.3, 0.4) is 0 Å². The highest BCUT2D eigenvalue weighted by Crippen LogP contribution is 2.32. The number of amides is 3. The molecule has 1 fully saturated rings. The Bertz CT molecular complexity index is 841. The van der Waals surface area contributed by atoms with Crippen LogP contribution in [0, 0.1) is 0 Å². The summed E-state index contributed by atoms with van der Waals surface area (Å²) in [6.45, 7) is 2.95. The van der Waals surface area contributed by atoms with Gasteiger partial charge in [0.25, 0.3) is 0 Å². The third kappa shape index (κ3) is 4.19. The van der Waals surface area contributed by atoms with Gasteiger partial charge in [-0.3, -0.25) is 9.69 Å². The zero-order valence-electron chi connectivity index (χ0n) is 16.3. The summed E-state index contributed by atoms with van der Waals surface area (Å²) >= 11 is 0. The number of benzene rings is 2. The molecule has 0 aliphatic carbocycles. The SMILES string of the molecule is COc1ccc(N2CCN(CC(=O)NC(C)c3ccccc3)C2=O)cc1OC. The number of urea groups is 1. The molecule has 0 aromatic heterocycles. The number of ether oxygens (including phenoxy) is 2. The number of hydrogen-bond donors (Lipinski definition) is 1. The van der Waals surface area contributed by atoms with Crippen LogP contribution in [0.15, 0.2) is 48.5 Å². The Labute approximate surface area is 164 Å². The normalized spacial score (nSPS) is 14.8. The molecule has 1 aliphatic rings. The van der Waals surface area contributed by atoms with Gasteiger partial charge in [-0.05, 0) is 24.6 Å². The van der Waals surface area contributed by atoms with Crippen molar-refractivity contribution in [1.29, 1.82) is 0 Å². The van der Waals surface area contributed by atoms with Crippen molar-refractivity contribution in [2.75, 3.05) is 38.8 Å². The molecule has 0 spiro atoms. The van der Waals surface area contributed by atoms with Crippen molar-refractivity contribution in [3.63, 3.8) is 0 Å². The van der Waals surface area contributed by atoms with Crippen LogP contribution in [0.4, 0.5) is 10.5 Å². The smallest absolute Gasteiger partial charge is 0.325 e. The molecule has 3 rings (SSSR count). The predicted molar refractivity (Wildman–Crippen MR) is 107 cm³/mol. The largest absolute Gasteiger partial charge is 0.493 e. The summed E-state index contributed by atoms with van der Waals surface area (Å²) in [4.78, 5) is 28.3. The van der Waals surface area contributed by atoms with Crippen molar-refractivity contribution in [2.24, 2.45) is 0 Å². The number of nitrogens with zero attached hydrogens (tertiary/aromatic N) is 2. The van der Waals surface area contributed by atoms with Crippen LogP contribution in [0.25, 0.3) is 0 Å². The highest BCUT2D eigenvalue weighted by Gasteiger charge is 2.31. The second-order valence-corrected chi connectivity index (χ2v) is 6.59. The molecule has 2 aromatic carbocycles. The van der Waals surface area contributed by atoms with Gasteiger partial charge >= 0.3 is 6.03 Å². The lowest BCUT2D eigenvalue weighted by Gasteiger charge is -2.20. The molecule has 7 heteroatoms. The van der Waals surface area contributed by atoms with E-state index in [0.29, 0.717) is 30.3 Å². The fourth-order valence-corrected chi connectivity index (χ4v) is 3.25. The highest BCUT2D eigenvalue weighted by molar-refractivity contribution is 5.96. The predicted octanol–water partition coefficient (Wildman–Crippen LogP) is 2.82. The minimum atomic E-state index is -0.199. The van der Waals surface area contributed by atoms with Crippen molar-refractivity contribution in [3.8, 4) is 11.5 Å². The summed E-state index contributed by atoms with van der Waals surface area (Å²) < 4.78 is 10.5. The van der Waals surface area contributed by atoms with E-state index in [1.165, 1.54) is 0 Å². The first-order chi connectivity index (χ1) is 13.5. The van der Waals surface area contributed by atoms with E-state index in [2.05, 4.69) is 5.32 Å². The monoisotopic (exact) mass is 383 g/mol. The van der Waals surface area contributed by atoms with Crippen LogP contribution in [-0.4, -0.2) is 50.7 Å². The van der Waals surface area contributed by atoms with Gasteiger partial charge in [-0.2, -0.15) is 0 Å². The van der Waals surface area contributed by atoms with Crippen molar-refractivity contribution in [1.82, 2.24) is 10.2 Å². The van der Waals surface area contributed by atoms with Crippen molar-refractivity contribution < 1.29 is 19.1 Å². The minimum Gasteiger partial charge on any atom is -0.493 e. The second kappa shape index (κ2) is 8.65. The maximum Gasteiger partial charge on any atom is 0.325 e.